The second-order valence-electron chi connectivity index (χ2n) is 4.93. The minimum Gasteiger partial charge on any atom is -0.396 e. The number of benzene rings is 1. The van der Waals surface area contributed by atoms with E-state index in [4.69, 9.17) is 5.11 Å². The van der Waals surface area contributed by atoms with Crippen LogP contribution in [0.1, 0.15) is 25.3 Å². The second kappa shape index (κ2) is 6.49. The van der Waals surface area contributed by atoms with E-state index < -0.39 is 23.8 Å². The SMILES string of the molecule is CCC1C(=O)NC(=O)N(c2cccc(CCCO)c2)C1=O. The van der Waals surface area contributed by atoms with Gasteiger partial charge in [-0.2, -0.15) is 0 Å². The van der Waals surface area contributed by atoms with Crippen molar-refractivity contribution in [1.82, 2.24) is 5.32 Å². The molecule has 0 radical (unpaired) electrons. The van der Waals surface area contributed by atoms with E-state index in [-0.39, 0.29) is 6.61 Å². The first-order chi connectivity index (χ1) is 10.1. The van der Waals surface area contributed by atoms with Gasteiger partial charge in [-0.15, -0.1) is 0 Å². The normalized spacial score (nSPS) is 18.9. The molecule has 21 heavy (non-hydrogen) atoms. The van der Waals surface area contributed by atoms with Gasteiger partial charge in [0.25, 0.3) is 0 Å². The standard InChI is InChI=1S/C15H18N2O4/c1-2-12-13(19)16-15(21)17(14(12)20)11-7-3-5-10(9-11)6-4-8-18/h3,5,7,9,12,18H,2,4,6,8H2,1H3,(H,16,19,21). The van der Waals surface area contributed by atoms with E-state index in [1.54, 1.807) is 25.1 Å². The summed E-state index contributed by atoms with van der Waals surface area (Å²) in [6.45, 7) is 1.81. The van der Waals surface area contributed by atoms with Gasteiger partial charge in [-0.3, -0.25) is 14.9 Å². The van der Waals surface area contributed by atoms with Crippen molar-refractivity contribution in [2.24, 2.45) is 5.92 Å². The van der Waals surface area contributed by atoms with Crippen LogP contribution < -0.4 is 10.2 Å². The highest BCUT2D eigenvalue weighted by Gasteiger charge is 2.40. The first-order valence-electron chi connectivity index (χ1n) is 6.97. The summed E-state index contributed by atoms with van der Waals surface area (Å²) in [6, 6.07) is 6.29. The van der Waals surface area contributed by atoms with Crippen molar-refractivity contribution in [2.75, 3.05) is 11.5 Å². The molecule has 6 nitrogen and oxygen atoms in total. The number of aliphatic hydroxyl groups is 1. The molecule has 0 aliphatic carbocycles. The molecule has 0 aromatic heterocycles. The van der Waals surface area contributed by atoms with Gasteiger partial charge < -0.3 is 5.11 Å². The minimum absolute atomic E-state index is 0.0831. The van der Waals surface area contributed by atoms with Gasteiger partial charge in [0.15, 0.2) is 0 Å². The number of aliphatic hydroxyl groups excluding tert-OH is 1. The van der Waals surface area contributed by atoms with Gasteiger partial charge in [-0.25, -0.2) is 9.69 Å². The molecular weight excluding hydrogens is 272 g/mol. The molecule has 112 valence electrons. The molecular formula is C15H18N2O4. The number of nitrogens with one attached hydrogen (secondary N) is 1. The maximum Gasteiger partial charge on any atom is 0.335 e. The smallest absolute Gasteiger partial charge is 0.335 e. The van der Waals surface area contributed by atoms with Gasteiger partial charge in [0.1, 0.15) is 5.92 Å². The van der Waals surface area contributed by atoms with Gasteiger partial charge in [0.05, 0.1) is 5.69 Å². The number of aryl methyl sites for hydroxylation is 1. The van der Waals surface area contributed by atoms with Gasteiger partial charge in [0.2, 0.25) is 11.8 Å². The number of nitrogens with zero attached hydrogens (tertiary/aromatic N) is 1. The monoisotopic (exact) mass is 290 g/mol. The third-order valence-electron chi connectivity index (χ3n) is 3.47. The lowest BCUT2D eigenvalue weighted by atomic mass is 10.0. The molecule has 1 aliphatic heterocycles. The van der Waals surface area contributed by atoms with E-state index in [1.165, 1.54) is 0 Å². The van der Waals surface area contributed by atoms with Crippen molar-refractivity contribution in [3.63, 3.8) is 0 Å². The number of anilines is 1. The van der Waals surface area contributed by atoms with Gasteiger partial charge in [-0.05, 0) is 37.0 Å². The lowest BCUT2D eigenvalue weighted by molar-refractivity contribution is -0.134. The highest BCUT2D eigenvalue weighted by Crippen LogP contribution is 2.23. The van der Waals surface area contributed by atoms with E-state index in [0.717, 1.165) is 10.5 Å². The Balaban J connectivity index is 2.29. The molecule has 6 heteroatoms. The fourth-order valence-electron chi connectivity index (χ4n) is 2.36. The fourth-order valence-corrected chi connectivity index (χ4v) is 2.36. The van der Waals surface area contributed by atoms with Crippen molar-refractivity contribution in [3.05, 3.63) is 29.8 Å². The van der Waals surface area contributed by atoms with Crippen LogP contribution >= 0.6 is 0 Å². The third kappa shape index (κ3) is 3.11. The fraction of sp³-hybridized carbons (Fsp3) is 0.400. The Morgan fingerprint density at radius 1 is 1.29 bits per heavy atom. The average molecular weight is 290 g/mol. The van der Waals surface area contributed by atoms with Crippen molar-refractivity contribution in [3.8, 4) is 0 Å². The Labute approximate surface area is 122 Å². The lowest BCUT2D eigenvalue weighted by Gasteiger charge is -2.29. The number of urea groups is 1. The maximum absolute atomic E-state index is 12.3. The van der Waals surface area contributed by atoms with Crippen molar-refractivity contribution < 1.29 is 19.5 Å². The van der Waals surface area contributed by atoms with E-state index in [9.17, 15) is 14.4 Å². The average Bonchev–Trinajstić information content (AvgIpc) is 2.45. The van der Waals surface area contributed by atoms with Crippen LogP contribution in [0, 0.1) is 5.92 Å². The number of rotatable bonds is 5. The molecule has 1 fully saturated rings. The zero-order valence-corrected chi connectivity index (χ0v) is 11.8. The van der Waals surface area contributed by atoms with Crippen LogP contribution in [0.2, 0.25) is 0 Å². The van der Waals surface area contributed by atoms with Crippen molar-refractivity contribution >= 4 is 23.5 Å². The van der Waals surface area contributed by atoms with E-state index in [1.807, 2.05) is 6.07 Å². The highest BCUT2D eigenvalue weighted by atomic mass is 16.3. The third-order valence-corrected chi connectivity index (χ3v) is 3.47. The van der Waals surface area contributed by atoms with Gasteiger partial charge in [-0.1, -0.05) is 19.1 Å². The Hall–Kier alpha value is -2.21. The predicted molar refractivity (Wildman–Crippen MR) is 76.7 cm³/mol. The van der Waals surface area contributed by atoms with Crippen LogP contribution in [0.25, 0.3) is 0 Å². The summed E-state index contributed by atoms with van der Waals surface area (Å²) in [5, 5.41) is 11.1. The Morgan fingerprint density at radius 3 is 2.71 bits per heavy atom. The molecule has 1 saturated heterocycles. The highest BCUT2D eigenvalue weighted by molar-refractivity contribution is 6.27. The number of hydrogen-bond donors (Lipinski definition) is 2. The Kier molecular flexibility index (Phi) is 4.70. The lowest BCUT2D eigenvalue weighted by Crippen LogP contribution is -2.58. The van der Waals surface area contributed by atoms with Gasteiger partial charge >= 0.3 is 6.03 Å². The molecule has 1 aromatic rings. The molecule has 1 unspecified atom stereocenters. The second-order valence-corrected chi connectivity index (χ2v) is 4.93. The number of amides is 4. The first kappa shape index (κ1) is 15.2. The maximum atomic E-state index is 12.3. The number of imide groups is 2. The topological polar surface area (TPSA) is 86.7 Å². The summed E-state index contributed by atoms with van der Waals surface area (Å²) in [5.41, 5.74) is 1.37. The summed E-state index contributed by atoms with van der Waals surface area (Å²) < 4.78 is 0. The molecule has 1 aliphatic rings. The van der Waals surface area contributed by atoms with E-state index in [2.05, 4.69) is 5.32 Å². The molecule has 0 saturated carbocycles. The predicted octanol–water partition coefficient (Wildman–Crippen LogP) is 1.22. The quantitative estimate of drug-likeness (QED) is 0.798. The van der Waals surface area contributed by atoms with Gasteiger partial charge in [0, 0.05) is 6.61 Å². The number of hydrogen-bond acceptors (Lipinski definition) is 4. The minimum atomic E-state index is -0.830. The molecule has 0 bridgehead atoms. The van der Waals surface area contributed by atoms with Crippen LogP contribution in [-0.4, -0.2) is 29.6 Å². The van der Waals surface area contributed by atoms with E-state index in [0.29, 0.717) is 24.9 Å². The van der Waals surface area contributed by atoms with Crippen molar-refractivity contribution in [2.45, 2.75) is 26.2 Å². The van der Waals surface area contributed by atoms with Crippen molar-refractivity contribution in [1.29, 1.82) is 0 Å². The summed E-state index contributed by atoms with van der Waals surface area (Å²) in [6.07, 6.45) is 1.61. The molecule has 2 rings (SSSR count). The number of carbonyl (C=O) groups is 3. The Morgan fingerprint density at radius 2 is 2.05 bits per heavy atom. The molecule has 0 spiro atoms. The van der Waals surface area contributed by atoms with Crippen LogP contribution in [0.5, 0.6) is 0 Å². The molecule has 1 atom stereocenters. The Bertz CT molecular complexity index is 571. The molecule has 1 heterocycles. The number of barbiturate groups is 1. The summed E-state index contributed by atoms with van der Waals surface area (Å²) in [7, 11) is 0. The molecule has 2 N–H and O–H groups in total. The van der Waals surface area contributed by atoms with Crippen LogP contribution in [0.4, 0.5) is 10.5 Å². The summed E-state index contributed by atoms with van der Waals surface area (Å²) in [4.78, 5) is 36.9. The summed E-state index contributed by atoms with van der Waals surface area (Å²) >= 11 is 0. The first-order valence-corrected chi connectivity index (χ1v) is 6.97. The zero-order chi connectivity index (χ0) is 15.4. The molecule has 1 aromatic carbocycles. The van der Waals surface area contributed by atoms with Crippen LogP contribution in [0.3, 0.4) is 0 Å². The van der Waals surface area contributed by atoms with E-state index >= 15 is 0 Å². The van der Waals surface area contributed by atoms with Crippen LogP contribution in [-0.2, 0) is 16.0 Å². The largest absolute Gasteiger partial charge is 0.396 e. The van der Waals surface area contributed by atoms with Crippen LogP contribution in [0.15, 0.2) is 24.3 Å². The summed E-state index contributed by atoms with van der Waals surface area (Å²) in [5.74, 6) is -1.87. The zero-order valence-electron chi connectivity index (χ0n) is 11.8. The number of carbonyl (C=O) groups excluding carboxylic acids is 3. The molecule has 4 amide bonds.